The standard InChI is InChI=1S/C24H31N3O3Si/c1-15(2)14-31-11-7-10-30-16-12-17(23(28)18(13-16)24(3,4)5)21-20(29-6)9-8-19-22(21)26-27-25-19/h8-9,12-14,28H,7,10-11H2,1-6H3,(H,25,26,27). The number of benzene rings is 2. The van der Waals surface area contributed by atoms with Crippen molar-refractivity contribution in [3.8, 4) is 28.4 Å². The molecule has 2 radical (unpaired) electrons. The number of phenols is 1. The predicted octanol–water partition coefficient (Wildman–Crippen LogP) is 5.45. The Morgan fingerprint density at radius 3 is 2.65 bits per heavy atom. The number of hydrogen-bond donors (Lipinski definition) is 2. The SMILES string of the molecule is COc1ccc2n[nH]nc2c1-c1cc(OCCC[Si]C=C(C)C)cc(C(C)(C)C)c1O. The molecule has 0 bridgehead atoms. The Morgan fingerprint density at radius 2 is 1.97 bits per heavy atom. The number of hydrogen-bond acceptors (Lipinski definition) is 5. The molecule has 31 heavy (non-hydrogen) atoms. The van der Waals surface area contributed by atoms with Gasteiger partial charge in [0.1, 0.15) is 28.3 Å². The Morgan fingerprint density at radius 1 is 1.19 bits per heavy atom. The Hall–Kier alpha value is -2.80. The molecule has 0 aliphatic rings. The first-order chi connectivity index (χ1) is 14.7. The van der Waals surface area contributed by atoms with Crippen molar-refractivity contribution in [2.24, 2.45) is 0 Å². The number of rotatable bonds is 8. The van der Waals surface area contributed by atoms with E-state index in [2.05, 4.69) is 55.7 Å². The fourth-order valence-electron chi connectivity index (χ4n) is 3.42. The average Bonchev–Trinajstić information content (AvgIpc) is 3.18. The number of ether oxygens (including phenoxy) is 2. The van der Waals surface area contributed by atoms with E-state index in [4.69, 9.17) is 9.47 Å². The summed E-state index contributed by atoms with van der Waals surface area (Å²) in [6.07, 6.45) is 0.978. The molecule has 6 nitrogen and oxygen atoms in total. The molecule has 1 heterocycles. The highest BCUT2D eigenvalue weighted by Crippen LogP contribution is 2.46. The van der Waals surface area contributed by atoms with Gasteiger partial charge >= 0.3 is 0 Å². The minimum atomic E-state index is -0.270. The van der Waals surface area contributed by atoms with Gasteiger partial charge in [0.05, 0.1) is 28.8 Å². The van der Waals surface area contributed by atoms with Crippen LogP contribution in [0, 0.1) is 0 Å². The molecule has 0 saturated carbocycles. The summed E-state index contributed by atoms with van der Waals surface area (Å²) in [4.78, 5) is 0. The summed E-state index contributed by atoms with van der Waals surface area (Å²) >= 11 is 0. The van der Waals surface area contributed by atoms with Crippen molar-refractivity contribution in [2.75, 3.05) is 13.7 Å². The highest BCUT2D eigenvalue weighted by molar-refractivity contribution is 6.42. The van der Waals surface area contributed by atoms with Crippen LogP contribution in [0.15, 0.2) is 35.5 Å². The van der Waals surface area contributed by atoms with E-state index in [1.807, 2.05) is 24.3 Å². The first kappa shape index (κ1) is 22.9. The predicted molar refractivity (Wildman–Crippen MR) is 126 cm³/mol. The number of nitrogens with zero attached hydrogens (tertiary/aromatic N) is 2. The van der Waals surface area contributed by atoms with Crippen LogP contribution in [0.25, 0.3) is 22.2 Å². The molecule has 2 aromatic carbocycles. The third-order valence-electron chi connectivity index (χ3n) is 4.96. The van der Waals surface area contributed by atoms with Gasteiger partial charge in [0.2, 0.25) is 0 Å². The number of aromatic amines is 1. The van der Waals surface area contributed by atoms with Gasteiger partial charge in [-0.2, -0.15) is 15.4 Å². The molecule has 0 amide bonds. The van der Waals surface area contributed by atoms with Crippen LogP contribution >= 0.6 is 0 Å². The Kier molecular flexibility index (Phi) is 7.05. The highest BCUT2D eigenvalue weighted by atomic mass is 28.2. The summed E-state index contributed by atoms with van der Waals surface area (Å²) in [7, 11) is 2.43. The van der Waals surface area contributed by atoms with Crippen molar-refractivity contribution in [3.05, 3.63) is 41.1 Å². The third-order valence-corrected chi connectivity index (χ3v) is 6.38. The number of allylic oxidation sites excluding steroid dienone is 1. The topological polar surface area (TPSA) is 80.3 Å². The van der Waals surface area contributed by atoms with E-state index in [1.165, 1.54) is 5.57 Å². The maximum absolute atomic E-state index is 11.2. The number of aromatic nitrogens is 3. The molecule has 0 unspecified atom stereocenters. The molecular formula is C24H31N3O3Si. The van der Waals surface area contributed by atoms with Crippen LogP contribution in [0.5, 0.6) is 17.2 Å². The summed E-state index contributed by atoms with van der Waals surface area (Å²) in [5, 5.41) is 22.4. The zero-order valence-electron chi connectivity index (χ0n) is 19.2. The van der Waals surface area contributed by atoms with E-state index in [-0.39, 0.29) is 11.2 Å². The van der Waals surface area contributed by atoms with Gasteiger partial charge in [-0.1, -0.05) is 32.4 Å². The summed E-state index contributed by atoms with van der Waals surface area (Å²) in [5.74, 6) is 1.56. The Balaban J connectivity index is 2.00. The van der Waals surface area contributed by atoms with Gasteiger partial charge < -0.3 is 14.6 Å². The minimum Gasteiger partial charge on any atom is -0.507 e. The van der Waals surface area contributed by atoms with E-state index in [9.17, 15) is 5.11 Å². The lowest BCUT2D eigenvalue weighted by Crippen LogP contribution is -2.12. The monoisotopic (exact) mass is 437 g/mol. The second-order valence-electron chi connectivity index (χ2n) is 8.83. The van der Waals surface area contributed by atoms with E-state index in [0.29, 0.717) is 34.5 Å². The molecule has 0 atom stereocenters. The van der Waals surface area contributed by atoms with Gasteiger partial charge in [-0.05, 0) is 49.9 Å². The average molecular weight is 438 g/mol. The van der Waals surface area contributed by atoms with E-state index < -0.39 is 0 Å². The molecule has 3 rings (SSSR count). The van der Waals surface area contributed by atoms with Crippen molar-refractivity contribution in [2.45, 2.75) is 52.5 Å². The number of phenolic OH excluding ortho intramolecular Hbond substituents is 1. The van der Waals surface area contributed by atoms with E-state index in [0.717, 1.165) is 33.3 Å². The maximum atomic E-state index is 11.2. The normalized spacial score (nSPS) is 11.5. The second kappa shape index (κ2) is 9.56. The fourth-order valence-corrected chi connectivity index (χ4v) is 4.32. The molecule has 0 aliphatic carbocycles. The molecule has 2 N–H and O–H groups in total. The van der Waals surface area contributed by atoms with Gasteiger partial charge in [-0.15, -0.1) is 5.70 Å². The molecule has 3 aromatic rings. The van der Waals surface area contributed by atoms with Gasteiger partial charge in [0.25, 0.3) is 0 Å². The maximum Gasteiger partial charge on any atom is 0.129 e. The van der Waals surface area contributed by atoms with Gasteiger partial charge in [0.15, 0.2) is 0 Å². The number of fused-ring (bicyclic) bond motifs is 1. The smallest absolute Gasteiger partial charge is 0.129 e. The first-order valence-corrected chi connectivity index (χ1v) is 11.8. The minimum absolute atomic E-state index is 0.207. The second-order valence-corrected chi connectivity index (χ2v) is 10.0. The number of nitrogens with one attached hydrogen (secondary N) is 1. The lowest BCUT2D eigenvalue weighted by atomic mass is 9.84. The van der Waals surface area contributed by atoms with Crippen LogP contribution in [0.1, 0.15) is 46.6 Å². The molecule has 0 saturated heterocycles. The first-order valence-electron chi connectivity index (χ1n) is 10.5. The van der Waals surface area contributed by atoms with Crippen molar-refractivity contribution in [3.63, 3.8) is 0 Å². The van der Waals surface area contributed by atoms with Crippen LogP contribution < -0.4 is 9.47 Å². The quantitative estimate of drug-likeness (QED) is 0.362. The van der Waals surface area contributed by atoms with Crippen LogP contribution in [0.4, 0.5) is 0 Å². The van der Waals surface area contributed by atoms with Crippen molar-refractivity contribution < 1.29 is 14.6 Å². The lowest BCUT2D eigenvalue weighted by molar-refractivity contribution is 0.315. The van der Waals surface area contributed by atoms with Crippen LogP contribution in [-0.2, 0) is 5.41 Å². The Labute approximate surface area is 186 Å². The summed E-state index contributed by atoms with van der Waals surface area (Å²) in [6.45, 7) is 11.1. The molecule has 0 aliphatic heterocycles. The molecule has 0 fully saturated rings. The van der Waals surface area contributed by atoms with Crippen LogP contribution in [-0.4, -0.2) is 43.8 Å². The molecule has 0 spiro atoms. The zero-order valence-corrected chi connectivity index (χ0v) is 20.2. The summed E-state index contributed by atoms with van der Waals surface area (Å²) in [5.41, 5.74) is 6.86. The third kappa shape index (κ3) is 5.28. The Bertz CT molecular complexity index is 1080. The summed E-state index contributed by atoms with van der Waals surface area (Å²) in [6, 6.07) is 8.60. The van der Waals surface area contributed by atoms with Crippen LogP contribution in [0.2, 0.25) is 6.04 Å². The van der Waals surface area contributed by atoms with E-state index >= 15 is 0 Å². The molecule has 164 valence electrons. The molecule has 1 aromatic heterocycles. The lowest BCUT2D eigenvalue weighted by Gasteiger charge is -2.24. The highest BCUT2D eigenvalue weighted by Gasteiger charge is 2.25. The largest absolute Gasteiger partial charge is 0.507 e. The van der Waals surface area contributed by atoms with Crippen molar-refractivity contribution in [1.82, 2.24) is 15.4 Å². The number of aromatic hydroxyl groups is 1. The summed E-state index contributed by atoms with van der Waals surface area (Å²) < 4.78 is 11.7. The van der Waals surface area contributed by atoms with Gasteiger partial charge in [-0.3, -0.25) is 0 Å². The number of methoxy groups -OCH3 is 1. The molecule has 7 heteroatoms. The zero-order chi connectivity index (χ0) is 22.6. The van der Waals surface area contributed by atoms with Gasteiger partial charge in [-0.25, -0.2) is 0 Å². The van der Waals surface area contributed by atoms with Crippen LogP contribution in [0.3, 0.4) is 0 Å². The van der Waals surface area contributed by atoms with E-state index in [1.54, 1.807) is 7.11 Å². The fraction of sp³-hybridized carbons (Fsp3) is 0.417. The number of H-pyrrole nitrogens is 1. The van der Waals surface area contributed by atoms with Gasteiger partial charge in [0, 0.05) is 11.1 Å². The molecular weight excluding hydrogens is 406 g/mol. The van der Waals surface area contributed by atoms with Crippen molar-refractivity contribution in [1.29, 1.82) is 0 Å². The van der Waals surface area contributed by atoms with Crippen molar-refractivity contribution >= 4 is 20.6 Å².